The third-order valence-corrected chi connectivity index (χ3v) is 8.29. The van der Waals surface area contributed by atoms with Crippen molar-refractivity contribution in [1.82, 2.24) is 19.3 Å². The summed E-state index contributed by atoms with van der Waals surface area (Å²) in [4.78, 5) is 14.9. The summed E-state index contributed by atoms with van der Waals surface area (Å²) in [5, 5.41) is 5.80. The number of thiophene rings is 1. The molecule has 10 heteroatoms. The molecule has 1 fully saturated rings. The minimum Gasteiger partial charge on any atom is -0.360 e. The monoisotopic (exact) mass is 448 g/mol. The molecule has 4 heterocycles. The first-order valence-corrected chi connectivity index (χ1v) is 12.1. The second kappa shape index (κ2) is 8.01. The fraction of sp³-hybridized carbons (Fsp3) is 0.400. The number of sulfonamides is 1. The molecule has 0 aliphatic carbocycles. The predicted octanol–water partition coefficient (Wildman–Crippen LogP) is 3.04. The summed E-state index contributed by atoms with van der Waals surface area (Å²) in [6, 6.07) is 6.84. The first kappa shape index (κ1) is 20.8. The predicted molar refractivity (Wildman–Crippen MR) is 114 cm³/mol. The first-order valence-electron chi connectivity index (χ1n) is 9.74. The van der Waals surface area contributed by atoms with Gasteiger partial charge in [0.05, 0.1) is 5.56 Å². The number of piperidine rings is 1. The van der Waals surface area contributed by atoms with Crippen LogP contribution in [0, 0.1) is 20.8 Å². The van der Waals surface area contributed by atoms with Crippen molar-refractivity contribution >= 4 is 27.3 Å². The van der Waals surface area contributed by atoms with Gasteiger partial charge in [-0.1, -0.05) is 11.2 Å². The number of carbonyl (C=O) groups excluding carboxylic acids is 1. The molecule has 0 atom stereocenters. The number of likely N-dealkylation sites (tertiary alicyclic amines) is 1. The van der Waals surface area contributed by atoms with Crippen molar-refractivity contribution in [3.63, 3.8) is 0 Å². The molecule has 0 bridgehead atoms. The van der Waals surface area contributed by atoms with Crippen LogP contribution in [0.5, 0.6) is 0 Å². The molecule has 160 valence electrons. The molecule has 0 spiro atoms. The third-order valence-electron chi connectivity index (χ3n) is 5.37. The van der Waals surface area contributed by atoms with Crippen LogP contribution in [-0.2, 0) is 10.0 Å². The van der Waals surface area contributed by atoms with Crippen LogP contribution in [0.3, 0.4) is 0 Å². The van der Waals surface area contributed by atoms with Crippen molar-refractivity contribution < 1.29 is 17.7 Å². The third kappa shape index (κ3) is 3.94. The lowest BCUT2D eigenvalue weighted by Gasteiger charge is -2.32. The molecule has 0 unspecified atom stereocenters. The van der Waals surface area contributed by atoms with E-state index in [0.29, 0.717) is 47.3 Å². The Morgan fingerprint density at radius 2 is 1.97 bits per heavy atom. The van der Waals surface area contributed by atoms with Gasteiger partial charge in [-0.2, -0.15) is 0 Å². The molecule has 1 aliphatic heterocycles. The van der Waals surface area contributed by atoms with Gasteiger partial charge in [0.25, 0.3) is 5.91 Å². The van der Waals surface area contributed by atoms with Crippen LogP contribution < -0.4 is 4.72 Å². The first-order chi connectivity index (χ1) is 14.3. The van der Waals surface area contributed by atoms with E-state index in [1.807, 2.05) is 37.5 Å². The summed E-state index contributed by atoms with van der Waals surface area (Å²) in [5.74, 6) is 1.31. The number of amides is 1. The number of carbonyl (C=O) groups is 1. The zero-order valence-electron chi connectivity index (χ0n) is 17.1. The molecule has 4 rings (SSSR count). The second-order valence-corrected chi connectivity index (χ2v) is 10.4. The van der Waals surface area contributed by atoms with Crippen LogP contribution in [0.1, 0.15) is 40.3 Å². The van der Waals surface area contributed by atoms with Gasteiger partial charge >= 0.3 is 0 Å². The highest BCUT2D eigenvalue weighted by molar-refractivity contribution is 7.91. The van der Waals surface area contributed by atoms with Gasteiger partial charge in [0.1, 0.15) is 9.97 Å². The maximum atomic E-state index is 13.1. The zero-order valence-corrected chi connectivity index (χ0v) is 18.7. The average Bonchev–Trinajstić information content (AvgIpc) is 3.43. The van der Waals surface area contributed by atoms with E-state index in [0.717, 1.165) is 11.4 Å². The quantitative estimate of drug-likeness (QED) is 0.647. The summed E-state index contributed by atoms with van der Waals surface area (Å²) in [6.45, 7) is 6.66. The summed E-state index contributed by atoms with van der Waals surface area (Å²) < 4.78 is 35.0. The van der Waals surface area contributed by atoms with Gasteiger partial charge in [-0.3, -0.25) is 9.36 Å². The highest BCUT2D eigenvalue weighted by atomic mass is 32.2. The van der Waals surface area contributed by atoms with Crippen molar-refractivity contribution in [1.29, 1.82) is 0 Å². The topological polar surface area (TPSA) is 97.4 Å². The Morgan fingerprint density at radius 3 is 2.57 bits per heavy atom. The van der Waals surface area contributed by atoms with Crippen molar-refractivity contribution in [3.05, 3.63) is 52.4 Å². The van der Waals surface area contributed by atoms with Crippen LogP contribution in [0.2, 0.25) is 0 Å². The number of hydrogen-bond acceptors (Lipinski definition) is 6. The van der Waals surface area contributed by atoms with Crippen molar-refractivity contribution in [2.45, 2.75) is 43.9 Å². The molecule has 0 saturated carbocycles. The molecule has 0 aromatic carbocycles. The molecule has 3 aromatic heterocycles. The van der Waals surface area contributed by atoms with Gasteiger partial charge in [-0.05, 0) is 51.1 Å². The molecule has 8 nitrogen and oxygen atoms in total. The minimum atomic E-state index is -3.50. The minimum absolute atomic E-state index is 0.0471. The van der Waals surface area contributed by atoms with E-state index in [9.17, 15) is 13.2 Å². The Bertz CT molecular complexity index is 1150. The number of nitrogens with zero attached hydrogens (tertiary/aromatic N) is 3. The zero-order chi connectivity index (χ0) is 21.5. The SMILES string of the molecule is Cc1cc(-n2c(C)cc(C(=O)N3CCC(NS(=O)(=O)c4cccs4)CC3)c2C)no1. The van der Waals surface area contributed by atoms with E-state index >= 15 is 0 Å². The van der Waals surface area contributed by atoms with Crippen LogP contribution in [-0.4, -0.2) is 48.1 Å². The maximum Gasteiger partial charge on any atom is 0.255 e. The lowest BCUT2D eigenvalue weighted by Crippen LogP contribution is -2.46. The number of aryl methyl sites for hydroxylation is 2. The Kier molecular flexibility index (Phi) is 5.56. The number of aromatic nitrogens is 2. The van der Waals surface area contributed by atoms with Gasteiger partial charge in [0.2, 0.25) is 10.0 Å². The van der Waals surface area contributed by atoms with E-state index in [1.54, 1.807) is 22.4 Å². The van der Waals surface area contributed by atoms with E-state index in [1.165, 1.54) is 11.3 Å². The Balaban J connectivity index is 1.44. The van der Waals surface area contributed by atoms with Crippen LogP contribution in [0.4, 0.5) is 0 Å². The standard InChI is InChI=1S/C20H24N4O4S2/c1-13-11-17(15(3)24(13)18-12-14(2)28-21-18)20(25)23-8-6-16(7-9-23)22-30(26,27)19-5-4-10-29-19/h4-5,10-12,16,22H,6-9H2,1-3H3. The molecule has 1 saturated heterocycles. The molecule has 1 aliphatic rings. The molecule has 1 N–H and O–H groups in total. The van der Waals surface area contributed by atoms with Crippen LogP contribution in [0.15, 0.2) is 38.4 Å². The van der Waals surface area contributed by atoms with E-state index in [2.05, 4.69) is 9.88 Å². The van der Waals surface area contributed by atoms with E-state index in [4.69, 9.17) is 4.52 Å². The molecule has 1 amide bonds. The molecule has 0 radical (unpaired) electrons. The summed E-state index contributed by atoms with van der Waals surface area (Å²) in [7, 11) is -3.50. The largest absolute Gasteiger partial charge is 0.360 e. The molecule has 30 heavy (non-hydrogen) atoms. The fourth-order valence-corrected chi connectivity index (χ4v) is 6.17. The van der Waals surface area contributed by atoms with E-state index < -0.39 is 10.0 Å². The van der Waals surface area contributed by atoms with Crippen LogP contribution in [0.25, 0.3) is 5.82 Å². The molecule has 3 aromatic rings. The van der Waals surface area contributed by atoms with Crippen molar-refractivity contribution in [2.24, 2.45) is 0 Å². The van der Waals surface area contributed by atoms with Crippen LogP contribution >= 0.6 is 11.3 Å². The normalized spacial score (nSPS) is 15.6. The van der Waals surface area contributed by atoms with E-state index in [-0.39, 0.29) is 11.9 Å². The Morgan fingerprint density at radius 1 is 1.23 bits per heavy atom. The van der Waals surface area contributed by atoms with Gasteiger partial charge < -0.3 is 9.42 Å². The Labute approximate surface area is 179 Å². The number of hydrogen-bond donors (Lipinski definition) is 1. The van der Waals surface area contributed by atoms with Crippen molar-refractivity contribution in [3.8, 4) is 5.82 Å². The molecular formula is C20H24N4O4S2. The average molecular weight is 449 g/mol. The van der Waals surface area contributed by atoms with Gasteiger partial charge in [-0.15, -0.1) is 11.3 Å². The number of nitrogens with one attached hydrogen (secondary N) is 1. The van der Waals surface area contributed by atoms with Gasteiger partial charge in [-0.25, -0.2) is 13.1 Å². The molecular weight excluding hydrogens is 424 g/mol. The van der Waals surface area contributed by atoms with Gasteiger partial charge in [0, 0.05) is 36.6 Å². The maximum absolute atomic E-state index is 13.1. The van der Waals surface area contributed by atoms with Crippen molar-refractivity contribution in [2.75, 3.05) is 13.1 Å². The smallest absolute Gasteiger partial charge is 0.255 e. The lowest BCUT2D eigenvalue weighted by molar-refractivity contribution is 0.0710. The Hall–Kier alpha value is -2.43. The summed E-state index contributed by atoms with van der Waals surface area (Å²) >= 11 is 1.20. The lowest BCUT2D eigenvalue weighted by atomic mass is 10.0. The van der Waals surface area contributed by atoms with Gasteiger partial charge in [0.15, 0.2) is 5.82 Å². The second-order valence-electron chi connectivity index (χ2n) is 7.54. The highest BCUT2D eigenvalue weighted by Gasteiger charge is 2.29. The fourth-order valence-electron chi connectivity index (χ4n) is 3.86. The summed E-state index contributed by atoms with van der Waals surface area (Å²) in [5.41, 5.74) is 2.35. The highest BCUT2D eigenvalue weighted by Crippen LogP contribution is 2.24. The summed E-state index contributed by atoms with van der Waals surface area (Å²) in [6.07, 6.45) is 1.16. The number of rotatable bonds is 5.